The number of nitrogens with zero attached hydrogens (tertiary/aromatic N) is 5. The standard InChI is InChI=1S/C59H88N14O10S3.Cu/c1-33(2)23-40(56(82)68-48(54(61)80)20-22-86-9)28-52(78)39(24-42-31-63-32-66-42)26-44(75)17-18-50(76)46(34(3)4)29-51(77)37(7)67-57(83)49(27-41-30-65-47-15-11-10-14-45(41)47)69-55(81)38(16-19-53(60)79)25-43(74)13-12-21-64-59(85)73-71-36(6)35(5)70-72-58(84)62-8;/h10-11,14-15,30-34,37-40,46,48-49,65H,12-13,16-29H2,1-9H3,(H2,60,79)(H2,61,80)(H,63,66)(H,67,83)(H,68,82)(H,69,81)(H2,62,72,84)(H2,64,73,85);/q;+2/p-2. The first-order valence-corrected chi connectivity index (χ1v) is 31.1. The number of rotatable bonds is 41. The zero-order chi connectivity index (χ0) is 64.0. The molecule has 0 saturated heterocycles. The molecule has 2 heterocycles. The van der Waals surface area contributed by atoms with Gasteiger partial charge in [0.15, 0.2) is 5.78 Å². The first-order chi connectivity index (χ1) is 40.7. The number of amides is 5. The molecule has 1 aromatic carbocycles. The molecule has 7 atom stereocenters. The number of aromatic nitrogens is 3. The van der Waals surface area contributed by atoms with Crippen molar-refractivity contribution in [3.05, 3.63) is 54.2 Å². The second-order valence-corrected chi connectivity index (χ2v) is 24.0. The smallest absolute Gasteiger partial charge is 0.741 e. The Balaban J connectivity index is 0.0000258. The number of fused-ring (bicyclic) bond motifs is 1. The third-order valence-electron chi connectivity index (χ3n) is 14.5. The SMILES string of the molecule is CNC([S-])=NN=C(C)C(C)=NN=C([S-])NCCCC(=O)CC(CCC(N)=O)C(=O)NC(Cc1c[nH]c2ccccc12)C(=O)NC(C)C(=O)CC(C(=O)CCC(=O)CC(Cc1cnc[nH]1)C(=O)CC(CC(C)C)C(=O)NC(CCSC)C(N)=O)C(C)C.[Cu+2]. The van der Waals surface area contributed by atoms with E-state index < -0.39 is 77.1 Å². The minimum Gasteiger partial charge on any atom is -0.741 e. The number of amidine groups is 2. The summed E-state index contributed by atoms with van der Waals surface area (Å²) >= 11 is 11.7. The van der Waals surface area contributed by atoms with Crippen molar-refractivity contribution in [2.75, 3.05) is 25.6 Å². The van der Waals surface area contributed by atoms with Crippen LogP contribution in [0.15, 0.2) is 63.4 Å². The second kappa shape index (κ2) is 39.9. The van der Waals surface area contributed by atoms with Gasteiger partial charge in [-0.2, -0.15) is 32.2 Å². The largest absolute Gasteiger partial charge is 2.00 e. The number of aromatic amines is 2. The molecule has 481 valence electrons. The number of nitrogens with one attached hydrogen (secondary N) is 7. The quantitative estimate of drug-likeness (QED) is 0.00962. The third kappa shape index (κ3) is 28.3. The van der Waals surface area contributed by atoms with Gasteiger partial charge in [0, 0.05) is 124 Å². The summed E-state index contributed by atoms with van der Waals surface area (Å²) in [6.07, 6.45) is 5.94. The summed E-state index contributed by atoms with van der Waals surface area (Å²) in [4.78, 5) is 146. The first kappa shape index (κ1) is 76.4. The van der Waals surface area contributed by atoms with Gasteiger partial charge in [0.2, 0.25) is 29.5 Å². The van der Waals surface area contributed by atoms with E-state index in [0.29, 0.717) is 47.7 Å². The zero-order valence-electron chi connectivity index (χ0n) is 51.1. The number of benzene rings is 1. The van der Waals surface area contributed by atoms with E-state index >= 15 is 0 Å². The first-order valence-electron chi connectivity index (χ1n) is 28.8. The molecule has 7 unspecified atom stereocenters. The van der Waals surface area contributed by atoms with Gasteiger partial charge in [0.05, 0.1) is 23.8 Å². The van der Waals surface area contributed by atoms with Crippen LogP contribution in [0.4, 0.5) is 0 Å². The van der Waals surface area contributed by atoms with Crippen LogP contribution in [0.5, 0.6) is 0 Å². The van der Waals surface area contributed by atoms with Crippen molar-refractivity contribution >= 4 is 128 Å². The van der Waals surface area contributed by atoms with Crippen LogP contribution < -0.4 is 38.1 Å². The normalized spacial score (nSPS) is 14.6. The second-order valence-electron chi connectivity index (χ2n) is 22.2. The fraction of sp³-hybridized carbons (Fsp3) is 0.576. The molecule has 0 aliphatic heterocycles. The Labute approximate surface area is 535 Å². The molecule has 87 heavy (non-hydrogen) atoms. The number of hydrogen-bond acceptors (Lipinski definition) is 18. The Hall–Kier alpha value is -6.74. The predicted molar refractivity (Wildman–Crippen MR) is 339 cm³/mol. The summed E-state index contributed by atoms with van der Waals surface area (Å²) < 4.78 is 0. The van der Waals surface area contributed by atoms with E-state index in [4.69, 9.17) is 36.7 Å². The van der Waals surface area contributed by atoms with Crippen LogP contribution in [0.25, 0.3) is 10.9 Å². The van der Waals surface area contributed by atoms with Gasteiger partial charge in [-0.15, -0.1) is 0 Å². The molecular weight excluding hydrogens is 1220 g/mol. The number of nitrogens with two attached hydrogens (primary N) is 2. The van der Waals surface area contributed by atoms with E-state index in [9.17, 15) is 47.9 Å². The van der Waals surface area contributed by atoms with E-state index in [1.165, 1.54) is 25.0 Å². The summed E-state index contributed by atoms with van der Waals surface area (Å²) in [5.41, 5.74) is 14.0. The van der Waals surface area contributed by atoms with Crippen LogP contribution in [0.3, 0.4) is 0 Å². The summed E-state index contributed by atoms with van der Waals surface area (Å²) in [6, 6.07) is 4.02. The minimum absolute atomic E-state index is 0. The molecule has 28 heteroatoms. The zero-order valence-corrected chi connectivity index (χ0v) is 54.4. The molecule has 0 aliphatic carbocycles. The van der Waals surface area contributed by atoms with E-state index in [-0.39, 0.29) is 140 Å². The van der Waals surface area contributed by atoms with Crippen LogP contribution in [0.2, 0.25) is 0 Å². The van der Waals surface area contributed by atoms with Crippen LogP contribution >= 0.6 is 11.8 Å². The molecule has 24 nitrogen and oxygen atoms in total. The number of primary amides is 2. The van der Waals surface area contributed by atoms with Gasteiger partial charge < -0.3 is 73.3 Å². The molecule has 0 saturated carbocycles. The van der Waals surface area contributed by atoms with Crippen molar-refractivity contribution in [1.82, 2.24) is 41.5 Å². The Morgan fingerprint density at radius 3 is 1.92 bits per heavy atom. The number of imidazole rings is 1. The summed E-state index contributed by atoms with van der Waals surface area (Å²) in [6.45, 7) is 12.4. The summed E-state index contributed by atoms with van der Waals surface area (Å²) in [5.74, 6) is -8.42. The summed E-state index contributed by atoms with van der Waals surface area (Å²) in [5, 5.41) is 30.7. The average molecular weight is 1310 g/mol. The van der Waals surface area contributed by atoms with Crippen molar-refractivity contribution in [3.63, 3.8) is 0 Å². The number of para-hydroxylation sites is 1. The number of carbonyl (C=O) groups excluding carboxylic acids is 10. The Morgan fingerprint density at radius 2 is 1.31 bits per heavy atom. The summed E-state index contributed by atoms with van der Waals surface area (Å²) in [7, 11) is 1.62. The van der Waals surface area contributed by atoms with Gasteiger partial charge in [-0.05, 0) is 98.7 Å². The molecule has 5 amide bonds. The number of H-pyrrole nitrogens is 2. The van der Waals surface area contributed by atoms with E-state index in [2.05, 4.69) is 61.9 Å². The van der Waals surface area contributed by atoms with Crippen molar-refractivity contribution in [3.8, 4) is 0 Å². The third-order valence-corrected chi connectivity index (χ3v) is 15.6. The maximum Gasteiger partial charge on any atom is 2.00 e. The number of Topliss-reactive ketones (excluding diaryl/α,β-unsaturated/α-hetero) is 5. The Morgan fingerprint density at radius 1 is 0.678 bits per heavy atom. The predicted octanol–water partition coefficient (Wildman–Crippen LogP) is 4.15. The van der Waals surface area contributed by atoms with Gasteiger partial charge in [-0.3, -0.25) is 47.9 Å². The fourth-order valence-corrected chi connectivity index (χ4v) is 10.0. The molecule has 0 spiro atoms. The number of hydrogen-bond donors (Lipinski definition) is 9. The van der Waals surface area contributed by atoms with E-state index in [0.717, 1.165) is 10.9 Å². The Kier molecular flexibility index (Phi) is 35.0. The molecule has 3 rings (SSSR count). The molecule has 11 N–H and O–H groups in total. The monoisotopic (exact) mass is 1310 g/mol. The van der Waals surface area contributed by atoms with Crippen LogP contribution in [-0.4, -0.2) is 139 Å². The van der Waals surface area contributed by atoms with Crippen molar-refractivity contribution in [1.29, 1.82) is 0 Å². The molecule has 2 aromatic heterocycles. The van der Waals surface area contributed by atoms with Gasteiger partial charge in [0.1, 0.15) is 35.2 Å². The van der Waals surface area contributed by atoms with Gasteiger partial charge >= 0.3 is 17.1 Å². The van der Waals surface area contributed by atoms with Crippen molar-refractivity contribution < 1.29 is 65.0 Å². The van der Waals surface area contributed by atoms with Gasteiger partial charge in [-0.1, -0.05) is 45.9 Å². The molecule has 0 aliphatic rings. The molecule has 0 fully saturated rings. The topological polar surface area (TPSA) is 377 Å². The van der Waals surface area contributed by atoms with Crippen molar-refractivity contribution in [2.24, 2.45) is 67.4 Å². The van der Waals surface area contributed by atoms with E-state index in [1.54, 1.807) is 47.1 Å². The number of ketones is 5. The molecule has 1 radical (unpaired) electrons. The van der Waals surface area contributed by atoms with Crippen LogP contribution in [-0.2, 0) is 103 Å². The van der Waals surface area contributed by atoms with Crippen LogP contribution in [0, 0.1) is 35.5 Å². The Bertz CT molecular complexity index is 2930. The van der Waals surface area contributed by atoms with Crippen molar-refractivity contribution in [2.45, 2.75) is 156 Å². The van der Waals surface area contributed by atoms with Gasteiger partial charge in [-0.25, -0.2) is 4.98 Å². The van der Waals surface area contributed by atoms with E-state index in [1.807, 2.05) is 44.4 Å². The minimum atomic E-state index is -1.28. The van der Waals surface area contributed by atoms with Crippen LogP contribution in [0.1, 0.15) is 137 Å². The average Bonchev–Trinajstić information content (AvgIpc) is 2.52. The number of carbonyl (C=O) groups is 10. The fourth-order valence-electron chi connectivity index (χ4n) is 9.36. The maximum absolute atomic E-state index is 14.3. The molecular formula is C59H86CuN14O10S3. The van der Waals surface area contributed by atoms with Gasteiger partial charge in [0.25, 0.3) is 0 Å². The maximum atomic E-state index is 14.3. The molecule has 0 bridgehead atoms. The number of thioether (sulfide) groups is 1. The molecule has 3 aromatic rings.